The van der Waals surface area contributed by atoms with Crippen LogP contribution in [0.4, 0.5) is 24.5 Å². The SMILES string of the molecule is O=[N+]([O-])c1cc(C(F)(F)F)ccc1N1CCOC(c2ccco2)C1. The Morgan fingerprint density at radius 1 is 1.29 bits per heavy atom. The highest BCUT2D eigenvalue weighted by atomic mass is 19.4. The lowest BCUT2D eigenvalue weighted by Crippen LogP contribution is -2.38. The Labute approximate surface area is 134 Å². The van der Waals surface area contributed by atoms with Crippen molar-refractivity contribution >= 4 is 11.4 Å². The lowest BCUT2D eigenvalue weighted by Gasteiger charge is -2.33. The molecule has 3 rings (SSSR count). The van der Waals surface area contributed by atoms with Gasteiger partial charge >= 0.3 is 6.18 Å². The molecule has 0 saturated carbocycles. The number of anilines is 1. The van der Waals surface area contributed by atoms with Gasteiger partial charge in [0.1, 0.15) is 17.6 Å². The second-order valence-corrected chi connectivity index (χ2v) is 5.28. The lowest BCUT2D eigenvalue weighted by molar-refractivity contribution is -0.384. The van der Waals surface area contributed by atoms with Crippen molar-refractivity contribution in [2.45, 2.75) is 12.3 Å². The molecule has 0 amide bonds. The molecular formula is C15H13F3N2O4. The van der Waals surface area contributed by atoms with Crippen LogP contribution in [0, 0.1) is 10.1 Å². The number of furan rings is 1. The van der Waals surface area contributed by atoms with E-state index in [0.29, 0.717) is 18.4 Å². The molecule has 0 aliphatic carbocycles. The number of benzene rings is 1. The summed E-state index contributed by atoms with van der Waals surface area (Å²) < 4.78 is 49.2. The van der Waals surface area contributed by atoms with E-state index >= 15 is 0 Å². The van der Waals surface area contributed by atoms with E-state index in [2.05, 4.69) is 0 Å². The molecule has 0 spiro atoms. The summed E-state index contributed by atoms with van der Waals surface area (Å²) in [5.41, 5.74) is -1.49. The molecule has 1 fully saturated rings. The molecule has 24 heavy (non-hydrogen) atoms. The van der Waals surface area contributed by atoms with Crippen LogP contribution in [0.3, 0.4) is 0 Å². The molecule has 1 atom stereocenters. The zero-order valence-electron chi connectivity index (χ0n) is 12.3. The van der Waals surface area contributed by atoms with E-state index in [4.69, 9.17) is 9.15 Å². The predicted octanol–water partition coefficient (Wildman–Crippen LogP) is 3.78. The first kappa shape index (κ1) is 16.3. The van der Waals surface area contributed by atoms with Gasteiger partial charge in [0.2, 0.25) is 0 Å². The number of morpholine rings is 1. The third-order valence-electron chi connectivity index (χ3n) is 3.77. The van der Waals surface area contributed by atoms with Gasteiger partial charge in [0.25, 0.3) is 5.69 Å². The zero-order valence-corrected chi connectivity index (χ0v) is 12.3. The van der Waals surface area contributed by atoms with Crippen molar-refractivity contribution in [2.75, 3.05) is 24.6 Å². The standard InChI is InChI=1S/C15H13F3N2O4/c16-15(17,18)10-3-4-11(12(8-10)20(21)22)19-5-7-24-14(9-19)13-2-1-6-23-13/h1-4,6,8,14H,5,7,9H2. The van der Waals surface area contributed by atoms with Gasteiger partial charge in [-0.1, -0.05) is 0 Å². The minimum absolute atomic E-state index is 0.132. The van der Waals surface area contributed by atoms with Gasteiger partial charge < -0.3 is 14.1 Å². The number of alkyl halides is 3. The first-order chi connectivity index (χ1) is 11.4. The number of nitro groups is 1. The number of nitro benzene ring substituents is 1. The second-order valence-electron chi connectivity index (χ2n) is 5.28. The number of rotatable bonds is 3. The Bertz CT molecular complexity index is 731. The summed E-state index contributed by atoms with van der Waals surface area (Å²) in [5, 5.41) is 11.2. The van der Waals surface area contributed by atoms with Crippen LogP contribution in [0.25, 0.3) is 0 Å². The molecule has 1 saturated heterocycles. The predicted molar refractivity (Wildman–Crippen MR) is 77.7 cm³/mol. The summed E-state index contributed by atoms with van der Waals surface area (Å²) in [6.07, 6.45) is -3.58. The molecule has 6 nitrogen and oxygen atoms in total. The molecule has 1 aliphatic heterocycles. The van der Waals surface area contributed by atoms with Crippen LogP contribution in [0.2, 0.25) is 0 Å². The van der Waals surface area contributed by atoms with E-state index < -0.39 is 28.5 Å². The van der Waals surface area contributed by atoms with Gasteiger partial charge in [-0.05, 0) is 24.3 Å². The van der Waals surface area contributed by atoms with Crippen molar-refractivity contribution in [1.29, 1.82) is 0 Å². The molecule has 1 aromatic heterocycles. The Kier molecular flexibility index (Phi) is 4.18. The zero-order chi connectivity index (χ0) is 17.3. The maximum Gasteiger partial charge on any atom is 0.416 e. The van der Waals surface area contributed by atoms with Gasteiger partial charge in [0.15, 0.2) is 0 Å². The highest BCUT2D eigenvalue weighted by Gasteiger charge is 2.35. The topological polar surface area (TPSA) is 68.8 Å². The van der Waals surface area contributed by atoms with E-state index in [9.17, 15) is 23.3 Å². The molecule has 1 unspecified atom stereocenters. The molecule has 0 bridgehead atoms. The number of halogens is 3. The quantitative estimate of drug-likeness (QED) is 0.627. The highest BCUT2D eigenvalue weighted by molar-refractivity contribution is 5.65. The van der Waals surface area contributed by atoms with Crippen molar-refractivity contribution in [1.82, 2.24) is 0 Å². The molecule has 2 heterocycles. The van der Waals surface area contributed by atoms with E-state index in [1.165, 1.54) is 6.26 Å². The highest BCUT2D eigenvalue weighted by Crippen LogP contribution is 2.38. The van der Waals surface area contributed by atoms with E-state index in [1.807, 2.05) is 0 Å². The number of hydrogen-bond acceptors (Lipinski definition) is 5. The third kappa shape index (κ3) is 3.21. The second kappa shape index (κ2) is 6.16. The molecule has 9 heteroatoms. The molecule has 1 aliphatic rings. The monoisotopic (exact) mass is 342 g/mol. The van der Waals surface area contributed by atoms with E-state index in [0.717, 1.165) is 12.1 Å². The van der Waals surface area contributed by atoms with Gasteiger partial charge in [-0.2, -0.15) is 13.2 Å². The van der Waals surface area contributed by atoms with E-state index in [1.54, 1.807) is 17.0 Å². The third-order valence-corrected chi connectivity index (χ3v) is 3.77. The van der Waals surface area contributed by atoms with Crippen molar-refractivity contribution in [3.8, 4) is 0 Å². The van der Waals surface area contributed by atoms with Crippen molar-refractivity contribution < 1.29 is 27.2 Å². The molecule has 128 valence electrons. The molecular weight excluding hydrogens is 329 g/mol. The van der Waals surface area contributed by atoms with Crippen LogP contribution >= 0.6 is 0 Å². The fourth-order valence-electron chi connectivity index (χ4n) is 2.63. The van der Waals surface area contributed by atoms with Crippen LogP contribution in [-0.2, 0) is 10.9 Å². The first-order valence-corrected chi connectivity index (χ1v) is 7.12. The minimum Gasteiger partial charge on any atom is -0.467 e. The summed E-state index contributed by atoms with van der Waals surface area (Å²) in [7, 11) is 0. The summed E-state index contributed by atoms with van der Waals surface area (Å²) in [6, 6.07) is 5.95. The Morgan fingerprint density at radius 3 is 2.71 bits per heavy atom. The van der Waals surface area contributed by atoms with Crippen LogP contribution in [-0.4, -0.2) is 24.6 Å². The van der Waals surface area contributed by atoms with Gasteiger partial charge in [0, 0.05) is 12.6 Å². The summed E-state index contributed by atoms with van der Waals surface area (Å²) in [4.78, 5) is 12.0. The number of ether oxygens (including phenoxy) is 1. The van der Waals surface area contributed by atoms with Gasteiger partial charge in [-0.15, -0.1) is 0 Å². The Morgan fingerprint density at radius 2 is 2.08 bits per heavy atom. The van der Waals surface area contributed by atoms with Gasteiger partial charge in [-0.3, -0.25) is 10.1 Å². The first-order valence-electron chi connectivity index (χ1n) is 7.12. The molecule has 1 aromatic carbocycles. The van der Waals surface area contributed by atoms with Crippen LogP contribution in [0.5, 0.6) is 0 Å². The van der Waals surface area contributed by atoms with Crippen LogP contribution in [0.15, 0.2) is 41.0 Å². The number of nitrogens with zero attached hydrogens (tertiary/aromatic N) is 2. The summed E-state index contributed by atoms with van der Waals surface area (Å²) in [6.45, 7) is 0.868. The average molecular weight is 342 g/mol. The molecule has 0 N–H and O–H groups in total. The fourth-order valence-corrected chi connectivity index (χ4v) is 2.63. The average Bonchev–Trinajstić information content (AvgIpc) is 3.08. The van der Waals surface area contributed by atoms with Gasteiger partial charge in [0.05, 0.1) is 29.9 Å². The minimum atomic E-state index is -4.63. The van der Waals surface area contributed by atoms with Crippen LogP contribution < -0.4 is 4.90 Å². The molecule has 0 radical (unpaired) electrons. The van der Waals surface area contributed by atoms with Gasteiger partial charge in [-0.25, -0.2) is 0 Å². The maximum atomic E-state index is 12.8. The van der Waals surface area contributed by atoms with Crippen molar-refractivity contribution in [3.05, 3.63) is 58.0 Å². The Hall–Kier alpha value is -2.55. The normalized spacial score (nSPS) is 18.6. The van der Waals surface area contributed by atoms with E-state index in [-0.39, 0.29) is 18.8 Å². The smallest absolute Gasteiger partial charge is 0.416 e. The number of hydrogen-bond donors (Lipinski definition) is 0. The fraction of sp³-hybridized carbons (Fsp3) is 0.333. The largest absolute Gasteiger partial charge is 0.467 e. The summed E-state index contributed by atoms with van der Waals surface area (Å²) in [5.74, 6) is 0.564. The van der Waals surface area contributed by atoms with Crippen LogP contribution in [0.1, 0.15) is 17.4 Å². The Balaban J connectivity index is 1.92. The summed E-state index contributed by atoms with van der Waals surface area (Å²) >= 11 is 0. The molecule has 2 aromatic rings. The van der Waals surface area contributed by atoms with Crippen molar-refractivity contribution in [2.24, 2.45) is 0 Å². The lowest BCUT2D eigenvalue weighted by atomic mass is 10.1. The maximum absolute atomic E-state index is 12.8. The van der Waals surface area contributed by atoms with Crippen molar-refractivity contribution in [3.63, 3.8) is 0 Å².